The molecule has 0 saturated carbocycles. The van der Waals surface area contributed by atoms with Crippen LogP contribution in [0.15, 0.2) is 54.6 Å². The summed E-state index contributed by atoms with van der Waals surface area (Å²) < 4.78 is 17.2. The van der Waals surface area contributed by atoms with Gasteiger partial charge in [-0.25, -0.2) is 4.79 Å². The van der Waals surface area contributed by atoms with Crippen LogP contribution in [0.1, 0.15) is 35.0 Å². The second kappa shape index (κ2) is 9.73. The van der Waals surface area contributed by atoms with Crippen LogP contribution >= 0.6 is 0 Å². The van der Waals surface area contributed by atoms with Crippen LogP contribution in [0.5, 0.6) is 11.5 Å². The number of aromatic nitrogens is 1. The first-order chi connectivity index (χ1) is 16.6. The van der Waals surface area contributed by atoms with Gasteiger partial charge in [-0.05, 0) is 60.0 Å². The van der Waals surface area contributed by atoms with Gasteiger partial charge in [0.15, 0.2) is 0 Å². The average Bonchev–Trinajstić information content (AvgIpc) is 2.88. The summed E-state index contributed by atoms with van der Waals surface area (Å²) in [5.74, 6) is 1.58. The molecule has 3 aromatic rings. The van der Waals surface area contributed by atoms with Gasteiger partial charge in [0.25, 0.3) is 0 Å². The standard InChI is InChI=1S/C27H29N3O4/c1-18-14-22-24(16-33-18)23-15-30(27(31)28-19-8-10-20(32-2)11-9-19)13-12-25(23)29-26(22)17-34-21-6-4-3-5-7-21/h3-11,18H,12-17H2,1-2H3,(H,28,31)/t18-/m0/s1. The van der Waals surface area contributed by atoms with Crippen LogP contribution < -0.4 is 14.8 Å². The summed E-state index contributed by atoms with van der Waals surface area (Å²) in [5, 5.41) is 2.99. The number of methoxy groups -OCH3 is 1. The number of hydrogen-bond donors (Lipinski definition) is 1. The molecular weight excluding hydrogens is 430 g/mol. The number of ether oxygens (including phenoxy) is 3. The summed E-state index contributed by atoms with van der Waals surface area (Å²) in [5.41, 5.74) is 6.23. The molecule has 176 valence electrons. The summed E-state index contributed by atoms with van der Waals surface area (Å²) in [6.07, 6.45) is 1.62. The zero-order valence-electron chi connectivity index (χ0n) is 19.5. The van der Waals surface area contributed by atoms with Gasteiger partial charge in [0, 0.05) is 37.3 Å². The van der Waals surface area contributed by atoms with Gasteiger partial charge in [-0.1, -0.05) is 18.2 Å². The monoisotopic (exact) mass is 459 g/mol. The van der Waals surface area contributed by atoms with E-state index in [1.807, 2.05) is 59.5 Å². The molecule has 2 amide bonds. The van der Waals surface area contributed by atoms with Gasteiger partial charge < -0.3 is 24.4 Å². The van der Waals surface area contributed by atoms with E-state index in [4.69, 9.17) is 19.2 Å². The van der Waals surface area contributed by atoms with Crippen molar-refractivity contribution in [3.63, 3.8) is 0 Å². The topological polar surface area (TPSA) is 72.9 Å². The number of nitrogens with zero attached hydrogens (tertiary/aromatic N) is 2. The van der Waals surface area contributed by atoms with Crippen LogP contribution in [0.3, 0.4) is 0 Å². The lowest BCUT2D eigenvalue weighted by Gasteiger charge is -2.34. The van der Waals surface area contributed by atoms with E-state index in [1.165, 1.54) is 5.56 Å². The number of pyridine rings is 1. The predicted octanol–water partition coefficient (Wildman–Crippen LogP) is 4.72. The first kappa shape index (κ1) is 22.2. The average molecular weight is 460 g/mol. The summed E-state index contributed by atoms with van der Waals surface area (Å²) in [6.45, 7) is 4.17. The third kappa shape index (κ3) is 4.70. The van der Waals surface area contributed by atoms with Crippen molar-refractivity contribution in [2.24, 2.45) is 0 Å². The molecule has 0 spiro atoms. The number of hydrogen-bond acceptors (Lipinski definition) is 5. The highest BCUT2D eigenvalue weighted by Gasteiger charge is 2.30. The Labute approximate surface area is 199 Å². The van der Waals surface area contributed by atoms with E-state index in [1.54, 1.807) is 7.11 Å². The molecule has 0 fully saturated rings. The van der Waals surface area contributed by atoms with E-state index in [2.05, 4.69) is 12.2 Å². The van der Waals surface area contributed by atoms with E-state index in [9.17, 15) is 4.79 Å². The van der Waals surface area contributed by atoms with E-state index >= 15 is 0 Å². The second-order valence-corrected chi connectivity index (χ2v) is 8.70. The van der Waals surface area contributed by atoms with Crippen LogP contribution in [0, 0.1) is 0 Å². The Morgan fingerprint density at radius 3 is 2.65 bits per heavy atom. The molecule has 34 heavy (non-hydrogen) atoms. The number of amides is 2. The fourth-order valence-electron chi connectivity index (χ4n) is 4.56. The fourth-order valence-corrected chi connectivity index (χ4v) is 4.56. The SMILES string of the molecule is COc1ccc(NC(=O)N2CCc3nc(COc4ccccc4)c4c(c3C2)CO[C@@H](C)C4)cc1. The van der Waals surface area contributed by atoms with Gasteiger partial charge >= 0.3 is 6.03 Å². The highest BCUT2D eigenvalue weighted by molar-refractivity contribution is 5.89. The van der Waals surface area contributed by atoms with Crippen LogP contribution in [-0.2, 0) is 37.3 Å². The van der Waals surface area contributed by atoms with E-state index in [-0.39, 0.29) is 12.1 Å². The molecule has 1 aromatic heterocycles. The number of rotatable bonds is 5. The number of carbonyl (C=O) groups excluding carboxylic acids is 1. The first-order valence-electron chi connectivity index (χ1n) is 11.6. The smallest absolute Gasteiger partial charge is 0.322 e. The summed E-state index contributed by atoms with van der Waals surface area (Å²) >= 11 is 0. The predicted molar refractivity (Wildman–Crippen MR) is 129 cm³/mol. The van der Waals surface area contributed by atoms with Crippen LogP contribution in [0.25, 0.3) is 0 Å². The number of benzene rings is 2. The van der Waals surface area contributed by atoms with Gasteiger partial charge in [0.2, 0.25) is 0 Å². The second-order valence-electron chi connectivity index (χ2n) is 8.70. The highest BCUT2D eigenvalue weighted by Crippen LogP contribution is 2.32. The van der Waals surface area contributed by atoms with E-state index in [0.29, 0.717) is 32.7 Å². The molecule has 0 aliphatic carbocycles. The van der Waals surface area contributed by atoms with Crippen molar-refractivity contribution in [1.82, 2.24) is 9.88 Å². The molecule has 0 saturated heterocycles. The molecule has 1 atom stereocenters. The number of nitrogens with one attached hydrogen (secondary N) is 1. The number of fused-ring (bicyclic) bond motifs is 3. The van der Waals surface area contributed by atoms with Gasteiger partial charge in [-0.3, -0.25) is 4.98 Å². The van der Waals surface area contributed by atoms with E-state index < -0.39 is 0 Å². The fraction of sp³-hybridized carbons (Fsp3) is 0.333. The van der Waals surface area contributed by atoms with Crippen molar-refractivity contribution in [2.45, 2.75) is 45.6 Å². The Morgan fingerprint density at radius 2 is 1.88 bits per heavy atom. The molecule has 5 rings (SSSR count). The molecule has 2 aliphatic heterocycles. The van der Waals surface area contributed by atoms with Crippen molar-refractivity contribution >= 4 is 11.7 Å². The summed E-state index contributed by atoms with van der Waals surface area (Å²) in [4.78, 5) is 19.9. The zero-order valence-corrected chi connectivity index (χ0v) is 19.5. The minimum absolute atomic E-state index is 0.119. The Bertz CT molecular complexity index is 1160. The van der Waals surface area contributed by atoms with Crippen molar-refractivity contribution in [3.05, 3.63) is 82.7 Å². The van der Waals surface area contributed by atoms with Crippen LogP contribution in [0.2, 0.25) is 0 Å². The van der Waals surface area contributed by atoms with Crippen molar-refractivity contribution < 1.29 is 19.0 Å². The van der Waals surface area contributed by atoms with Crippen molar-refractivity contribution in [1.29, 1.82) is 0 Å². The largest absolute Gasteiger partial charge is 0.497 e. The zero-order chi connectivity index (χ0) is 23.5. The molecule has 0 bridgehead atoms. The first-order valence-corrected chi connectivity index (χ1v) is 11.6. The Morgan fingerprint density at radius 1 is 1.09 bits per heavy atom. The summed E-state index contributed by atoms with van der Waals surface area (Å²) in [6, 6.07) is 17.0. The number of urea groups is 1. The maximum Gasteiger partial charge on any atom is 0.322 e. The molecule has 7 heteroatoms. The van der Waals surface area contributed by atoms with E-state index in [0.717, 1.165) is 46.1 Å². The lowest BCUT2D eigenvalue weighted by atomic mass is 9.90. The van der Waals surface area contributed by atoms with Crippen molar-refractivity contribution in [3.8, 4) is 11.5 Å². The minimum Gasteiger partial charge on any atom is -0.497 e. The molecule has 2 aromatic carbocycles. The van der Waals surface area contributed by atoms with Gasteiger partial charge in [0.1, 0.15) is 18.1 Å². The van der Waals surface area contributed by atoms with Gasteiger partial charge in [-0.15, -0.1) is 0 Å². The molecule has 2 aliphatic rings. The van der Waals surface area contributed by atoms with Gasteiger partial charge in [0.05, 0.1) is 25.5 Å². The van der Waals surface area contributed by atoms with Crippen LogP contribution in [-0.4, -0.2) is 35.7 Å². The third-order valence-corrected chi connectivity index (χ3v) is 6.41. The number of anilines is 1. The summed E-state index contributed by atoms with van der Waals surface area (Å²) in [7, 11) is 1.62. The molecular formula is C27H29N3O4. The molecule has 1 N–H and O–H groups in total. The highest BCUT2D eigenvalue weighted by atomic mass is 16.5. The van der Waals surface area contributed by atoms with Crippen LogP contribution in [0.4, 0.5) is 10.5 Å². The van der Waals surface area contributed by atoms with Crippen molar-refractivity contribution in [2.75, 3.05) is 19.0 Å². The normalized spacial score (nSPS) is 16.9. The maximum atomic E-state index is 13.0. The minimum atomic E-state index is -0.119. The third-order valence-electron chi connectivity index (χ3n) is 6.41. The molecule has 0 unspecified atom stereocenters. The molecule has 7 nitrogen and oxygen atoms in total. The lowest BCUT2D eigenvalue weighted by molar-refractivity contribution is 0.0390. The lowest BCUT2D eigenvalue weighted by Crippen LogP contribution is -2.40. The quantitative estimate of drug-likeness (QED) is 0.598. The maximum absolute atomic E-state index is 13.0. The number of carbonyl (C=O) groups is 1. The molecule has 3 heterocycles. The molecule has 0 radical (unpaired) electrons. The van der Waals surface area contributed by atoms with Gasteiger partial charge in [-0.2, -0.15) is 0 Å². The Kier molecular flexibility index (Phi) is 6.36. The Balaban J connectivity index is 1.36. The Hall–Kier alpha value is -3.58. The number of para-hydroxylation sites is 1.